The first-order chi connectivity index (χ1) is 13.2. The van der Waals surface area contributed by atoms with Gasteiger partial charge >= 0.3 is 6.03 Å². The molecule has 1 saturated heterocycles. The van der Waals surface area contributed by atoms with Gasteiger partial charge in [0, 0.05) is 38.6 Å². The SMILES string of the molecule is CCCCC(NC(=O)N1CCN(C(=O)c2ccco2)CC1)c1cccnc1. The summed E-state index contributed by atoms with van der Waals surface area (Å²) in [5.41, 5.74) is 1.02. The zero-order valence-corrected chi connectivity index (χ0v) is 15.6. The van der Waals surface area contributed by atoms with Crippen LogP contribution in [0.1, 0.15) is 48.3 Å². The molecule has 1 aliphatic heterocycles. The number of carbonyl (C=O) groups is 2. The number of pyridine rings is 1. The molecule has 1 unspecified atom stereocenters. The number of urea groups is 1. The summed E-state index contributed by atoms with van der Waals surface area (Å²) in [4.78, 5) is 32.7. The molecular formula is C20H26N4O3. The Balaban J connectivity index is 1.55. The maximum Gasteiger partial charge on any atom is 0.318 e. The van der Waals surface area contributed by atoms with Crippen molar-refractivity contribution in [2.24, 2.45) is 0 Å². The maximum absolute atomic E-state index is 12.7. The quantitative estimate of drug-likeness (QED) is 0.848. The lowest BCUT2D eigenvalue weighted by molar-refractivity contribution is 0.0632. The fourth-order valence-corrected chi connectivity index (χ4v) is 3.22. The Morgan fingerprint density at radius 1 is 1.19 bits per heavy atom. The zero-order chi connectivity index (χ0) is 19.1. The van der Waals surface area contributed by atoms with Crippen molar-refractivity contribution in [1.82, 2.24) is 20.1 Å². The highest BCUT2D eigenvalue weighted by Crippen LogP contribution is 2.19. The number of aromatic nitrogens is 1. The molecule has 27 heavy (non-hydrogen) atoms. The zero-order valence-electron chi connectivity index (χ0n) is 15.6. The first-order valence-electron chi connectivity index (χ1n) is 9.47. The van der Waals surface area contributed by atoms with Gasteiger partial charge < -0.3 is 19.5 Å². The van der Waals surface area contributed by atoms with Crippen LogP contribution in [0, 0.1) is 0 Å². The van der Waals surface area contributed by atoms with Gasteiger partial charge in [0.2, 0.25) is 0 Å². The number of piperazine rings is 1. The minimum atomic E-state index is -0.128. The summed E-state index contributed by atoms with van der Waals surface area (Å²) in [6, 6.07) is 7.10. The largest absolute Gasteiger partial charge is 0.459 e. The predicted molar refractivity (Wildman–Crippen MR) is 101 cm³/mol. The Morgan fingerprint density at radius 2 is 1.96 bits per heavy atom. The van der Waals surface area contributed by atoms with Gasteiger partial charge in [0.15, 0.2) is 5.76 Å². The molecule has 1 atom stereocenters. The molecule has 0 saturated carbocycles. The number of amides is 3. The molecule has 0 radical (unpaired) electrons. The van der Waals surface area contributed by atoms with E-state index >= 15 is 0 Å². The van der Waals surface area contributed by atoms with E-state index in [1.165, 1.54) is 6.26 Å². The Labute approximate surface area is 159 Å². The van der Waals surface area contributed by atoms with E-state index in [1.807, 2.05) is 12.1 Å². The molecule has 3 heterocycles. The molecule has 0 spiro atoms. The van der Waals surface area contributed by atoms with Crippen LogP contribution in [0.2, 0.25) is 0 Å². The standard InChI is InChI=1S/C20H26N4O3/c1-2-3-7-17(16-6-4-9-21-15-16)22-20(26)24-12-10-23(11-13-24)19(25)18-8-5-14-27-18/h4-6,8-9,14-15,17H,2-3,7,10-13H2,1H3,(H,22,26). The van der Waals surface area contributed by atoms with Gasteiger partial charge in [0.25, 0.3) is 5.91 Å². The van der Waals surface area contributed by atoms with E-state index in [1.54, 1.807) is 34.3 Å². The van der Waals surface area contributed by atoms with Gasteiger partial charge in [-0.1, -0.05) is 25.8 Å². The average Bonchev–Trinajstić information content (AvgIpc) is 3.26. The molecule has 3 amide bonds. The topological polar surface area (TPSA) is 78.7 Å². The van der Waals surface area contributed by atoms with Crippen LogP contribution >= 0.6 is 0 Å². The Hall–Kier alpha value is -2.83. The van der Waals surface area contributed by atoms with Crippen LogP contribution in [0.4, 0.5) is 4.79 Å². The maximum atomic E-state index is 12.7. The van der Waals surface area contributed by atoms with Crippen molar-refractivity contribution in [3.05, 3.63) is 54.2 Å². The van der Waals surface area contributed by atoms with Crippen LogP contribution in [-0.4, -0.2) is 52.9 Å². The van der Waals surface area contributed by atoms with Gasteiger partial charge in [0.1, 0.15) is 0 Å². The number of hydrogen-bond donors (Lipinski definition) is 1. The van der Waals surface area contributed by atoms with Crippen molar-refractivity contribution >= 4 is 11.9 Å². The van der Waals surface area contributed by atoms with Crippen LogP contribution in [0.3, 0.4) is 0 Å². The van der Waals surface area contributed by atoms with Crippen LogP contribution in [0.5, 0.6) is 0 Å². The number of carbonyl (C=O) groups excluding carboxylic acids is 2. The Morgan fingerprint density at radius 3 is 2.59 bits per heavy atom. The molecule has 144 valence electrons. The summed E-state index contributed by atoms with van der Waals surface area (Å²) < 4.78 is 5.17. The van der Waals surface area contributed by atoms with Gasteiger partial charge in [0.05, 0.1) is 12.3 Å². The predicted octanol–water partition coefficient (Wildman–Crippen LogP) is 3.07. The summed E-state index contributed by atoms with van der Waals surface area (Å²) in [5, 5.41) is 3.13. The number of nitrogens with zero attached hydrogens (tertiary/aromatic N) is 3. The Kier molecular flexibility index (Phi) is 6.46. The van der Waals surface area contributed by atoms with Crippen LogP contribution in [0.15, 0.2) is 47.3 Å². The van der Waals surface area contributed by atoms with Crippen LogP contribution < -0.4 is 5.32 Å². The highest BCUT2D eigenvalue weighted by molar-refractivity contribution is 5.91. The second kappa shape index (κ2) is 9.21. The highest BCUT2D eigenvalue weighted by atomic mass is 16.3. The van der Waals surface area contributed by atoms with E-state index in [0.29, 0.717) is 31.9 Å². The third-order valence-electron chi connectivity index (χ3n) is 4.82. The summed E-state index contributed by atoms with van der Waals surface area (Å²) in [5.74, 6) is 0.209. The van der Waals surface area contributed by atoms with Gasteiger partial charge in [-0.25, -0.2) is 4.79 Å². The molecule has 2 aromatic rings. The average molecular weight is 370 g/mol. The molecule has 1 aliphatic rings. The van der Waals surface area contributed by atoms with Crippen LogP contribution in [0.25, 0.3) is 0 Å². The second-order valence-corrected chi connectivity index (χ2v) is 6.69. The third-order valence-corrected chi connectivity index (χ3v) is 4.82. The minimum Gasteiger partial charge on any atom is -0.459 e. The monoisotopic (exact) mass is 370 g/mol. The summed E-state index contributed by atoms with van der Waals surface area (Å²) in [6.07, 6.45) is 8.01. The Bertz CT molecular complexity index is 725. The molecule has 0 bridgehead atoms. The second-order valence-electron chi connectivity index (χ2n) is 6.69. The van der Waals surface area contributed by atoms with Crippen molar-refractivity contribution in [3.8, 4) is 0 Å². The lowest BCUT2D eigenvalue weighted by Gasteiger charge is -2.35. The highest BCUT2D eigenvalue weighted by Gasteiger charge is 2.27. The lowest BCUT2D eigenvalue weighted by atomic mass is 10.0. The fourth-order valence-electron chi connectivity index (χ4n) is 3.22. The van der Waals surface area contributed by atoms with Crippen molar-refractivity contribution in [1.29, 1.82) is 0 Å². The molecule has 7 heteroatoms. The van der Waals surface area contributed by atoms with Gasteiger partial charge in [-0.3, -0.25) is 9.78 Å². The van der Waals surface area contributed by atoms with E-state index in [9.17, 15) is 9.59 Å². The van der Waals surface area contributed by atoms with Gasteiger partial charge in [-0.2, -0.15) is 0 Å². The molecular weight excluding hydrogens is 344 g/mol. The van der Waals surface area contributed by atoms with E-state index in [2.05, 4.69) is 17.2 Å². The summed E-state index contributed by atoms with van der Waals surface area (Å²) >= 11 is 0. The molecule has 0 aliphatic carbocycles. The number of unbranched alkanes of at least 4 members (excludes halogenated alkanes) is 1. The molecule has 7 nitrogen and oxygen atoms in total. The molecule has 3 rings (SSSR count). The molecule has 0 aromatic carbocycles. The fraction of sp³-hybridized carbons (Fsp3) is 0.450. The summed E-state index contributed by atoms with van der Waals surface area (Å²) in [6.45, 7) is 4.15. The van der Waals surface area contributed by atoms with Gasteiger partial charge in [-0.05, 0) is 30.2 Å². The normalized spacial score (nSPS) is 15.4. The lowest BCUT2D eigenvalue weighted by Crippen LogP contribution is -2.53. The molecule has 2 aromatic heterocycles. The number of furan rings is 1. The third kappa shape index (κ3) is 4.87. The van der Waals surface area contributed by atoms with E-state index in [-0.39, 0.29) is 18.0 Å². The first kappa shape index (κ1) is 18.9. The van der Waals surface area contributed by atoms with Crippen molar-refractivity contribution < 1.29 is 14.0 Å². The molecule has 1 fully saturated rings. The minimum absolute atomic E-state index is 0.0473. The van der Waals surface area contributed by atoms with E-state index in [0.717, 1.165) is 24.8 Å². The van der Waals surface area contributed by atoms with Crippen LogP contribution in [-0.2, 0) is 0 Å². The van der Waals surface area contributed by atoms with Crippen molar-refractivity contribution in [2.45, 2.75) is 32.2 Å². The van der Waals surface area contributed by atoms with E-state index in [4.69, 9.17) is 4.42 Å². The van der Waals surface area contributed by atoms with Gasteiger partial charge in [-0.15, -0.1) is 0 Å². The number of rotatable bonds is 6. The van der Waals surface area contributed by atoms with Crippen molar-refractivity contribution in [2.75, 3.05) is 26.2 Å². The first-order valence-corrected chi connectivity index (χ1v) is 9.47. The smallest absolute Gasteiger partial charge is 0.318 e. The van der Waals surface area contributed by atoms with E-state index < -0.39 is 0 Å². The number of nitrogens with one attached hydrogen (secondary N) is 1. The van der Waals surface area contributed by atoms with Crippen molar-refractivity contribution in [3.63, 3.8) is 0 Å². The number of hydrogen-bond acceptors (Lipinski definition) is 4. The molecule has 1 N–H and O–H groups in total. The summed E-state index contributed by atoms with van der Waals surface area (Å²) in [7, 11) is 0.